The molecule has 0 radical (unpaired) electrons. The van der Waals surface area contributed by atoms with Crippen LogP contribution in [0.25, 0.3) is 11.2 Å². The molecular formula is C20H27N7O3. The van der Waals surface area contributed by atoms with E-state index in [1.807, 2.05) is 25.2 Å². The summed E-state index contributed by atoms with van der Waals surface area (Å²) >= 11 is 0. The Hall–Kier alpha value is -2.63. The van der Waals surface area contributed by atoms with E-state index in [-0.39, 0.29) is 5.82 Å². The molecule has 160 valence electrons. The fraction of sp³-hybridized carbons (Fsp3) is 0.450. The van der Waals surface area contributed by atoms with Gasteiger partial charge in [0, 0.05) is 26.2 Å². The van der Waals surface area contributed by atoms with Gasteiger partial charge in [-0.15, -0.1) is 0 Å². The maximum absolute atomic E-state index is 10.6. The van der Waals surface area contributed by atoms with Crippen LogP contribution in [0.4, 0.5) is 5.82 Å². The average Bonchev–Trinajstić information content (AvgIpc) is 3.29. The molecule has 2 aromatic heterocycles. The molecule has 0 amide bonds. The van der Waals surface area contributed by atoms with Crippen LogP contribution in [0.3, 0.4) is 0 Å². The van der Waals surface area contributed by atoms with E-state index in [1.54, 1.807) is 4.57 Å². The van der Waals surface area contributed by atoms with Crippen LogP contribution in [0.5, 0.6) is 0 Å². The highest BCUT2D eigenvalue weighted by Gasteiger charge is 2.44. The first-order valence-corrected chi connectivity index (χ1v) is 9.92. The molecule has 10 heteroatoms. The molecule has 3 heterocycles. The number of nitrogen functional groups attached to an aromatic ring is 1. The van der Waals surface area contributed by atoms with Gasteiger partial charge < -0.3 is 30.9 Å². The second kappa shape index (κ2) is 9.02. The van der Waals surface area contributed by atoms with E-state index in [2.05, 4.69) is 37.3 Å². The zero-order valence-electron chi connectivity index (χ0n) is 16.8. The predicted octanol–water partition coefficient (Wildman–Crippen LogP) is -0.251. The number of fused-ring (bicyclic) bond motifs is 1. The van der Waals surface area contributed by atoms with E-state index >= 15 is 0 Å². The van der Waals surface area contributed by atoms with Crippen LogP contribution in [0.2, 0.25) is 0 Å². The lowest BCUT2D eigenvalue weighted by atomic mass is 10.1. The van der Waals surface area contributed by atoms with Crippen molar-refractivity contribution in [3.05, 3.63) is 48.5 Å². The van der Waals surface area contributed by atoms with Gasteiger partial charge in [-0.1, -0.05) is 30.3 Å². The Morgan fingerprint density at radius 2 is 1.97 bits per heavy atom. The van der Waals surface area contributed by atoms with Gasteiger partial charge in [0.25, 0.3) is 0 Å². The van der Waals surface area contributed by atoms with Crippen molar-refractivity contribution in [2.75, 3.05) is 32.4 Å². The largest absolute Gasteiger partial charge is 0.387 e. The minimum Gasteiger partial charge on any atom is -0.387 e. The van der Waals surface area contributed by atoms with Gasteiger partial charge in [-0.3, -0.25) is 4.57 Å². The lowest BCUT2D eigenvalue weighted by Gasteiger charge is -2.23. The van der Waals surface area contributed by atoms with Gasteiger partial charge in [0.1, 0.15) is 30.2 Å². The van der Waals surface area contributed by atoms with Crippen molar-refractivity contribution in [2.24, 2.45) is 0 Å². The molecule has 4 rings (SSSR count). The molecule has 0 spiro atoms. The number of anilines is 1. The van der Waals surface area contributed by atoms with Gasteiger partial charge in [-0.2, -0.15) is 0 Å². The SMILES string of the molecule is CN(CCNCc1ccccc1)C[C@H]1O[C@@H](n2cnc3c(N)ncnc32)[C@H](O)[C@@H]1O. The van der Waals surface area contributed by atoms with Gasteiger partial charge in [0.05, 0.1) is 6.33 Å². The van der Waals surface area contributed by atoms with Crippen molar-refractivity contribution in [3.8, 4) is 0 Å². The second-order valence-corrected chi connectivity index (χ2v) is 7.55. The summed E-state index contributed by atoms with van der Waals surface area (Å²) in [7, 11) is 1.96. The van der Waals surface area contributed by atoms with Gasteiger partial charge in [-0.25, -0.2) is 15.0 Å². The Balaban J connectivity index is 1.32. The molecule has 1 saturated heterocycles. The number of aliphatic hydroxyl groups excluding tert-OH is 2. The van der Waals surface area contributed by atoms with Gasteiger partial charge in [0.2, 0.25) is 0 Å². The van der Waals surface area contributed by atoms with E-state index in [4.69, 9.17) is 10.5 Å². The van der Waals surface area contributed by atoms with E-state index < -0.39 is 24.5 Å². The topological polar surface area (TPSA) is 135 Å². The zero-order chi connectivity index (χ0) is 21.1. The number of rotatable bonds is 8. The molecule has 30 heavy (non-hydrogen) atoms. The van der Waals surface area contributed by atoms with Crippen molar-refractivity contribution in [2.45, 2.75) is 31.1 Å². The summed E-state index contributed by atoms with van der Waals surface area (Å²) < 4.78 is 7.57. The van der Waals surface area contributed by atoms with E-state index in [1.165, 1.54) is 18.2 Å². The Morgan fingerprint density at radius 1 is 1.17 bits per heavy atom. The summed E-state index contributed by atoms with van der Waals surface area (Å²) in [6, 6.07) is 10.2. The standard InChI is InChI=1S/C20H27N7O3/c1-26(8-7-22-9-13-5-3-2-4-6-13)10-14-16(28)17(29)20(30-14)27-12-25-15-18(21)23-11-24-19(15)27/h2-6,11-12,14,16-17,20,22,28-29H,7-10H2,1H3,(H2,21,23,24)/t14-,16-,17-,20-/m1/s1. The molecule has 0 bridgehead atoms. The smallest absolute Gasteiger partial charge is 0.167 e. The first-order chi connectivity index (χ1) is 14.5. The molecule has 5 N–H and O–H groups in total. The average molecular weight is 413 g/mol. The first kappa shape index (κ1) is 20.6. The third kappa shape index (κ3) is 4.27. The van der Waals surface area contributed by atoms with Crippen molar-refractivity contribution in [1.82, 2.24) is 29.7 Å². The van der Waals surface area contributed by atoms with Gasteiger partial charge in [0.15, 0.2) is 17.7 Å². The number of hydrogen-bond acceptors (Lipinski definition) is 9. The molecule has 1 aromatic carbocycles. The normalized spacial score (nSPS) is 24.1. The highest BCUT2D eigenvalue weighted by atomic mass is 16.6. The Bertz CT molecular complexity index is 967. The zero-order valence-corrected chi connectivity index (χ0v) is 16.8. The molecule has 4 atom stereocenters. The predicted molar refractivity (Wildman–Crippen MR) is 111 cm³/mol. The second-order valence-electron chi connectivity index (χ2n) is 7.55. The Labute approximate surface area is 174 Å². The Morgan fingerprint density at radius 3 is 2.77 bits per heavy atom. The number of nitrogens with zero attached hydrogens (tertiary/aromatic N) is 5. The number of imidazole rings is 1. The quantitative estimate of drug-likeness (QED) is 0.369. The number of hydrogen-bond donors (Lipinski definition) is 4. The monoisotopic (exact) mass is 413 g/mol. The number of nitrogens with two attached hydrogens (primary N) is 1. The molecule has 0 aliphatic carbocycles. The Kier molecular flexibility index (Phi) is 6.21. The molecule has 0 saturated carbocycles. The summed E-state index contributed by atoms with van der Waals surface area (Å²) in [6.07, 6.45) is -0.633. The molecular weight excluding hydrogens is 386 g/mol. The van der Waals surface area contributed by atoms with Gasteiger partial charge in [-0.05, 0) is 12.6 Å². The van der Waals surface area contributed by atoms with Crippen molar-refractivity contribution >= 4 is 17.0 Å². The maximum Gasteiger partial charge on any atom is 0.167 e. The molecule has 1 fully saturated rings. The molecule has 0 unspecified atom stereocenters. The van der Waals surface area contributed by atoms with Crippen molar-refractivity contribution < 1.29 is 14.9 Å². The lowest BCUT2D eigenvalue weighted by molar-refractivity contribution is -0.0420. The van der Waals surface area contributed by atoms with Crippen molar-refractivity contribution in [3.63, 3.8) is 0 Å². The minimum absolute atomic E-state index is 0.256. The van der Waals surface area contributed by atoms with E-state index in [9.17, 15) is 10.2 Å². The fourth-order valence-electron chi connectivity index (χ4n) is 3.66. The molecule has 3 aromatic rings. The number of likely N-dealkylation sites (N-methyl/N-ethyl adjacent to an activating group) is 1. The summed E-state index contributed by atoms with van der Waals surface area (Å²) in [6.45, 7) is 2.85. The summed E-state index contributed by atoms with van der Waals surface area (Å²) in [5, 5.41) is 24.5. The van der Waals surface area contributed by atoms with Crippen LogP contribution in [0, 0.1) is 0 Å². The van der Waals surface area contributed by atoms with Gasteiger partial charge >= 0.3 is 0 Å². The number of ether oxygens (including phenoxy) is 1. The van der Waals surface area contributed by atoms with Crippen LogP contribution in [0.15, 0.2) is 43.0 Å². The number of aromatic nitrogens is 4. The number of aliphatic hydroxyl groups is 2. The van der Waals surface area contributed by atoms with Crippen LogP contribution < -0.4 is 11.1 Å². The minimum atomic E-state index is -1.10. The third-order valence-electron chi connectivity index (χ3n) is 5.33. The van der Waals surface area contributed by atoms with Crippen LogP contribution >= 0.6 is 0 Å². The number of benzene rings is 1. The molecule has 1 aliphatic rings. The highest BCUT2D eigenvalue weighted by Crippen LogP contribution is 2.32. The fourth-order valence-corrected chi connectivity index (χ4v) is 3.66. The third-order valence-corrected chi connectivity index (χ3v) is 5.33. The van der Waals surface area contributed by atoms with Crippen LogP contribution in [0.1, 0.15) is 11.8 Å². The highest BCUT2D eigenvalue weighted by molar-refractivity contribution is 5.81. The van der Waals surface area contributed by atoms with Crippen molar-refractivity contribution in [1.29, 1.82) is 0 Å². The summed E-state index contributed by atoms with van der Waals surface area (Å²) in [5.74, 6) is 0.256. The lowest BCUT2D eigenvalue weighted by Crippen LogP contribution is -2.40. The molecule has 10 nitrogen and oxygen atoms in total. The first-order valence-electron chi connectivity index (χ1n) is 9.92. The van der Waals surface area contributed by atoms with Crippen LogP contribution in [-0.2, 0) is 11.3 Å². The number of nitrogens with one attached hydrogen (secondary N) is 1. The van der Waals surface area contributed by atoms with Crippen LogP contribution in [-0.4, -0.2) is 79.6 Å². The molecule has 1 aliphatic heterocycles. The van der Waals surface area contributed by atoms with E-state index in [0.717, 1.165) is 19.6 Å². The summed E-state index contributed by atoms with van der Waals surface area (Å²) in [5.41, 5.74) is 7.95. The maximum atomic E-state index is 10.6. The summed E-state index contributed by atoms with van der Waals surface area (Å²) in [4.78, 5) is 14.4. The van der Waals surface area contributed by atoms with E-state index in [0.29, 0.717) is 17.7 Å².